The number of fused-ring (bicyclic) bond motifs is 1. The minimum absolute atomic E-state index is 0.0319. The maximum absolute atomic E-state index is 10.9. The van der Waals surface area contributed by atoms with Crippen molar-refractivity contribution in [3.63, 3.8) is 0 Å². The zero-order chi connectivity index (χ0) is 24.4. The number of anilines is 4. The van der Waals surface area contributed by atoms with E-state index in [1.165, 1.54) is 11.3 Å². The van der Waals surface area contributed by atoms with E-state index in [1.54, 1.807) is 0 Å². The van der Waals surface area contributed by atoms with Gasteiger partial charge in [0, 0.05) is 18.4 Å². The third kappa shape index (κ3) is 5.93. The van der Waals surface area contributed by atoms with Crippen molar-refractivity contribution in [3.8, 4) is 5.75 Å². The van der Waals surface area contributed by atoms with E-state index < -0.39 is 0 Å². The highest BCUT2D eigenvalue weighted by Gasteiger charge is 2.22. The normalized spacial score (nSPS) is 12.3. The van der Waals surface area contributed by atoms with Gasteiger partial charge in [-0.2, -0.15) is 0 Å². The summed E-state index contributed by atoms with van der Waals surface area (Å²) in [5.41, 5.74) is 10.8. The first-order chi connectivity index (χ1) is 16.1. The van der Waals surface area contributed by atoms with Gasteiger partial charge >= 0.3 is 0 Å². The van der Waals surface area contributed by atoms with Crippen molar-refractivity contribution in [1.29, 1.82) is 0 Å². The largest absolute Gasteiger partial charge is 0.490 e. The Bertz CT molecular complexity index is 1060. The molecule has 0 fully saturated rings. The number of carbonyl (C=O) groups excluding carboxylic acids is 1. The minimum Gasteiger partial charge on any atom is -0.490 e. The summed E-state index contributed by atoms with van der Waals surface area (Å²) in [7, 11) is 1.99. The Labute approximate surface area is 201 Å². The number of thiophene rings is 1. The van der Waals surface area contributed by atoms with Gasteiger partial charge in [-0.3, -0.25) is 4.79 Å². The fourth-order valence-electron chi connectivity index (χ4n) is 3.48. The first-order valence-electron chi connectivity index (χ1n) is 11.3. The van der Waals surface area contributed by atoms with E-state index in [2.05, 4.69) is 33.0 Å². The summed E-state index contributed by atoms with van der Waals surface area (Å²) >= 11 is 1.47. The second-order valence-corrected chi connectivity index (χ2v) is 7.63. The van der Waals surface area contributed by atoms with Gasteiger partial charge in [-0.15, -0.1) is 11.3 Å². The molecule has 4 rings (SSSR count). The molecule has 0 amide bonds. The van der Waals surface area contributed by atoms with Crippen LogP contribution in [0, 0.1) is 6.92 Å². The van der Waals surface area contributed by atoms with Crippen LogP contribution in [0.15, 0.2) is 58.9 Å². The van der Waals surface area contributed by atoms with Gasteiger partial charge in [0.25, 0.3) is 0 Å². The summed E-state index contributed by atoms with van der Waals surface area (Å²) in [6.45, 7) is 11.5. The molecule has 1 aromatic heterocycles. The first-order valence-corrected chi connectivity index (χ1v) is 12.2. The van der Waals surface area contributed by atoms with Gasteiger partial charge in [-0.25, -0.2) is 4.99 Å². The van der Waals surface area contributed by atoms with Crippen LogP contribution in [0.25, 0.3) is 0 Å². The molecule has 33 heavy (non-hydrogen) atoms. The second-order valence-electron chi connectivity index (χ2n) is 6.77. The third-order valence-electron chi connectivity index (χ3n) is 4.87. The van der Waals surface area contributed by atoms with Crippen LogP contribution < -0.4 is 20.3 Å². The Balaban J connectivity index is 0.000000914. The molecule has 0 spiro atoms. The average molecular weight is 467 g/mol. The molecular formula is C26H34N4O2S. The average Bonchev–Trinajstić information content (AvgIpc) is 3.25. The van der Waals surface area contributed by atoms with Gasteiger partial charge in [0.2, 0.25) is 0 Å². The van der Waals surface area contributed by atoms with Crippen LogP contribution >= 0.6 is 11.3 Å². The monoisotopic (exact) mass is 466 g/mol. The van der Waals surface area contributed by atoms with Gasteiger partial charge in [-0.1, -0.05) is 45.9 Å². The lowest BCUT2D eigenvalue weighted by atomic mass is 10.1. The molecule has 0 aliphatic carbocycles. The number of benzene rings is 2. The maximum Gasteiger partial charge on any atom is 0.184 e. The lowest BCUT2D eigenvalue weighted by molar-refractivity contribution is -0.102. The number of aliphatic imine (C=N–C) groups is 1. The molecule has 7 heteroatoms. The molecular weight excluding hydrogens is 432 g/mol. The summed E-state index contributed by atoms with van der Waals surface area (Å²) in [5.74, 6) is 0.832. The number of carbonyl (C=O) groups is 1. The van der Waals surface area contributed by atoms with E-state index in [0.29, 0.717) is 17.9 Å². The van der Waals surface area contributed by atoms with Gasteiger partial charge in [0.05, 0.1) is 17.9 Å². The zero-order valence-electron chi connectivity index (χ0n) is 20.3. The van der Waals surface area contributed by atoms with Crippen molar-refractivity contribution in [2.45, 2.75) is 34.6 Å². The van der Waals surface area contributed by atoms with Crippen LogP contribution in [0.3, 0.4) is 0 Å². The summed E-state index contributed by atoms with van der Waals surface area (Å²) in [4.78, 5) is 19.5. The highest BCUT2D eigenvalue weighted by molar-refractivity contribution is 7.14. The zero-order valence-corrected chi connectivity index (χ0v) is 21.1. The first kappa shape index (κ1) is 25.9. The molecule has 0 saturated carbocycles. The number of amidine groups is 1. The van der Waals surface area contributed by atoms with E-state index >= 15 is 0 Å². The number of ether oxygens (including phenoxy) is 1. The van der Waals surface area contributed by atoms with Crippen molar-refractivity contribution < 1.29 is 9.53 Å². The van der Waals surface area contributed by atoms with Crippen LogP contribution in [-0.2, 0) is 4.79 Å². The SMILES string of the molecule is CC.CC.Cc1csc(/N=C(/N)C=O)c1N(C)c1ccc2c(c1)N(c1ccccc1)CCO2. The molecule has 6 nitrogen and oxygen atoms in total. The molecule has 2 aromatic carbocycles. The van der Waals surface area contributed by atoms with Crippen LogP contribution in [0.4, 0.5) is 27.8 Å². The lowest BCUT2D eigenvalue weighted by Gasteiger charge is -2.32. The minimum atomic E-state index is -0.0319. The Morgan fingerprint density at radius 2 is 1.85 bits per heavy atom. The number of nitrogens with zero attached hydrogens (tertiary/aromatic N) is 3. The van der Waals surface area contributed by atoms with Gasteiger partial charge in [-0.05, 0) is 48.2 Å². The smallest absolute Gasteiger partial charge is 0.184 e. The molecule has 3 aromatic rings. The number of rotatable bonds is 5. The van der Waals surface area contributed by atoms with Crippen molar-refractivity contribution in [2.24, 2.45) is 10.7 Å². The number of hydrogen-bond donors (Lipinski definition) is 1. The van der Waals surface area contributed by atoms with Gasteiger partial charge in [0.1, 0.15) is 17.4 Å². The molecule has 1 aliphatic rings. The fourth-order valence-corrected chi connectivity index (χ4v) is 4.44. The standard InChI is InChI=1S/C22H22N4O2S.2C2H6/c1-15-14-29-22(24-20(23)13-27)21(15)25(2)17-8-9-19-18(12-17)26(10-11-28-19)16-6-4-3-5-7-16;2*1-2/h3-9,12-14H,10-11H2,1-2H3,(H2,23,24);2*1-2H3. The number of hydrogen-bond acceptors (Lipinski definition) is 6. The van der Waals surface area contributed by atoms with E-state index in [-0.39, 0.29) is 5.84 Å². The molecule has 0 unspecified atom stereocenters. The number of nitrogens with two attached hydrogens (primary N) is 1. The lowest BCUT2D eigenvalue weighted by Crippen LogP contribution is -2.28. The maximum atomic E-state index is 10.9. The third-order valence-corrected chi connectivity index (χ3v) is 5.85. The molecule has 0 bridgehead atoms. The molecule has 0 saturated heterocycles. The molecule has 0 atom stereocenters. The number of para-hydroxylation sites is 1. The second kappa shape index (κ2) is 12.6. The van der Waals surface area contributed by atoms with Crippen molar-refractivity contribution >= 4 is 51.2 Å². The van der Waals surface area contributed by atoms with Gasteiger partial charge < -0.3 is 20.3 Å². The van der Waals surface area contributed by atoms with Crippen LogP contribution in [0.2, 0.25) is 0 Å². The van der Waals surface area contributed by atoms with E-state index in [0.717, 1.165) is 40.6 Å². The topological polar surface area (TPSA) is 71.2 Å². The summed E-state index contributed by atoms with van der Waals surface area (Å²) < 4.78 is 5.88. The van der Waals surface area contributed by atoms with Crippen molar-refractivity contribution in [1.82, 2.24) is 0 Å². The van der Waals surface area contributed by atoms with Crippen LogP contribution in [-0.4, -0.2) is 32.3 Å². The predicted molar refractivity (Wildman–Crippen MR) is 143 cm³/mol. The highest BCUT2D eigenvalue weighted by atomic mass is 32.1. The van der Waals surface area contributed by atoms with E-state index in [9.17, 15) is 4.79 Å². The molecule has 176 valence electrons. The number of aldehydes is 1. The predicted octanol–water partition coefficient (Wildman–Crippen LogP) is 6.59. The Morgan fingerprint density at radius 1 is 1.15 bits per heavy atom. The molecule has 2 N–H and O–H groups in total. The van der Waals surface area contributed by atoms with Gasteiger partial charge in [0.15, 0.2) is 12.1 Å². The quantitative estimate of drug-likeness (QED) is 0.261. The summed E-state index contributed by atoms with van der Waals surface area (Å²) in [5, 5.41) is 2.73. The van der Waals surface area contributed by atoms with Crippen molar-refractivity contribution in [2.75, 3.05) is 30.0 Å². The van der Waals surface area contributed by atoms with E-state index in [4.69, 9.17) is 10.5 Å². The molecule has 2 heterocycles. The summed E-state index contributed by atoms with van der Waals surface area (Å²) in [6.07, 6.45) is 0.562. The summed E-state index contributed by atoms with van der Waals surface area (Å²) in [6, 6.07) is 16.4. The Morgan fingerprint density at radius 3 is 2.52 bits per heavy atom. The highest BCUT2D eigenvalue weighted by Crippen LogP contribution is 2.44. The van der Waals surface area contributed by atoms with E-state index in [1.807, 2.05) is 77.4 Å². The Hall–Kier alpha value is -3.32. The van der Waals surface area contributed by atoms with Crippen LogP contribution in [0.1, 0.15) is 33.3 Å². The van der Waals surface area contributed by atoms with Crippen molar-refractivity contribution in [3.05, 3.63) is 59.5 Å². The molecule has 1 aliphatic heterocycles. The van der Waals surface area contributed by atoms with Crippen LogP contribution in [0.5, 0.6) is 5.75 Å². The fraction of sp³-hybridized carbons (Fsp3) is 0.308. The number of aryl methyl sites for hydroxylation is 1. The molecule has 0 radical (unpaired) electrons. The Kier molecular flexibility index (Phi) is 9.94.